The lowest BCUT2D eigenvalue weighted by Gasteiger charge is -2.36. The van der Waals surface area contributed by atoms with Crippen LogP contribution in [0.25, 0.3) is 0 Å². The first-order valence-corrected chi connectivity index (χ1v) is 7.83. The molecule has 1 aliphatic heterocycles. The summed E-state index contributed by atoms with van der Waals surface area (Å²) in [5.41, 5.74) is 4.93. The number of carbonyl (C=O) groups is 1. The molecular weight excluding hydrogens is 254 g/mol. The Hall–Kier alpha value is -0.650. The summed E-state index contributed by atoms with van der Waals surface area (Å²) in [4.78, 5) is 14.1. The van der Waals surface area contributed by atoms with Gasteiger partial charge in [-0.05, 0) is 46.2 Å². The molecule has 3 atom stereocenters. The number of hydrogen-bond donors (Lipinski definition) is 2. The fraction of sp³-hybridized carbons (Fsp3) is 0.933. The van der Waals surface area contributed by atoms with Crippen LogP contribution in [0.1, 0.15) is 47.0 Å². The van der Waals surface area contributed by atoms with Gasteiger partial charge in [0.2, 0.25) is 5.91 Å². The third-order valence-corrected chi connectivity index (χ3v) is 4.31. The first-order valence-electron chi connectivity index (χ1n) is 7.83. The Morgan fingerprint density at radius 3 is 2.70 bits per heavy atom. The zero-order valence-corrected chi connectivity index (χ0v) is 13.4. The highest BCUT2D eigenvalue weighted by molar-refractivity contribution is 5.84. The number of nitrogens with one attached hydrogen (secondary N) is 1. The lowest BCUT2D eigenvalue weighted by molar-refractivity contribution is -0.124. The Morgan fingerprint density at radius 2 is 2.25 bits per heavy atom. The molecule has 5 heteroatoms. The number of nitrogens with two attached hydrogens (primary N) is 1. The molecule has 0 spiro atoms. The molecule has 3 N–H and O–H groups in total. The zero-order valence-electron chi connectivity index (χ0n) is 13.4. The lowest BCUT2D eigenvalue weighted by atomic mass is 9.91. The van der Waals surface area contributed by atoms with Gasteiger partial charge < -0.3 is 15.8 Å². The molecule has 1 saturated heterocycles. The molecule has 1 fully saturated rings. The van der Waals surface area contributed by atoms with E-state index in [4.69, 9.17) is 10.5 Å². The summed E-state index contributed by atoms with van der Waals surface area (Å²) in [7, 11) is 0. The average Bonchev–Trinajstić information content (AvgIpc) is 2.88. The van der Waals surface area contributed by atoms with Crippen molar-refractivity contribution in [1.29, 1.82) is 0 Å². The van der Waals surface area contributed by atoms with E-state index in [0.717, 1.165) is 45.5 Å². The number of likely N-dealkylation sites (N-methyl/N-ethyl adjacent to an activating group) is 2. The SMILES string of the molecule is CCNC(C)(CC(C)N(CC)CC1CCCO1)C(N)=O. The van der Waals surface area contributed by atoms with Crippen molar-refractivity contribution in [1.82, 2.24) is 10.2 Å². The van der Waals surface area contributed by atoms with E-state index < -0.39 is 5.54 Å². The van der Waals surface area contributed by atoms with Gasteiger partial charge in [0.1, 0.15) is 0 Å². The van der Waals surface area contributed by atoms with Crippen LogP contribution in [0.2, 0.25) is 0 Å². The maximum absolute atomic E-state index is 11.7. The molecule has 1 aliphatic rings. The molecular formula is C15H31N3O2. The van der Waals surface area contributed by atoms with E-state index >= 15 is 0 Å². The maximum Gasteiger partial charge on any atom is 0.237 e. The fourth-order valence-electron chi connectivity index (χ4n) is 3.04. The van der Waals surface area contributed by atoms with E-state index in [1.165, 1.54) is 0 Å². The van der Waals surface area contributed by atoms with E-state index in [9.17, 15) is 4.79 Å². The summed E-state index contributed by atoms with van der Waals surface area (Å²) in [6, 6.07) is 0.292. The number of primary amides is 1. The van der Waals surface area contributed by atoms with Gasteiger partial charge in [-0.1, -0.05) is 13.8 Å². The summed E-state index contributed by atoms with van der Waals surface area (Å²) in [6.45, 7) is 11.7. The summed E-state index contributed by atoms with van der Waals surface area (Å²) in [5, 5.41) is 3.23. The monoisotopic (exact) mass is 285 g/mol. The van der Waals surface area contributed by atoms with Gasteiger partial charge in [-0.25, -0.2) is 0 Å². The first kappa shape index (κ1) is 17.4. The lowest BCUT2D eigenvalue weighted by Crippen LogP contribution is -2.56. The zero-order chi connectivity index (χ0) is 15.2. The summed E-state index contributed by atoms with van der Waals surface area (Å²) >= 11 is 0. The van der Waals surface area contributed by atoms with Crippen molar-refractivity contribution in [3.05, 3.63) is 0 Å². The predicted octanol–water partition coefficient (Wildman–Crippen LogP) is 1.12. The van der Waals surface area contributed by atoms with Crippen LogP contribution >= 0.6 is 0 Å². The van der Waals surface area contributed by atoms with Crippen molar-refractivity contribution in [3.8, 4) is 0 Å². The normalized spacial score (nSPS) is 23.8. The molecule has 20 heavy (non-hydrogen) atoms. The minimum atomic E-state index is -0.641. The van der Waals surface area contributed by atoms with Crippen molar-refractivity contribution in [2.24, 2.45) is 5.73 Å². The van der Waals surface area contributed by atoms with E-state index in [0.29, 0.717) is 12.1 Å². The number of ether oxygens (including phenoxy) is 1. The van der Waals surface area contributed by atoms with Gasteiger partial charge in [0.15, 0.2) is 0 Å². The van der Waals surface area contributed by atoms with Gasteiger partial charge in [0.05, 0.1) is 11.6 Å². The molecule has 0 aromatic carbocycles. The van der Waals surface area contributed by atoms with Crippen LogP contribution in [-0.2, 0) is 9.53 Å². The molecule has 1 amide bonds. The van der Waals surface area contributed by atoms with Crippen LogP contribution < -0.4 is 11.1 Å². The number of nitrogens with zero attached hydrogens (tertiary/aromatic N) is 1. The largest absolute Gasteiger partial charge is 0.377 e. The first-order chi connectivity index (χ1) is 9.42. The van der Waals surface area contributed by atoms with Gasteiger partial charge in [-0.15, -0.1) is 0 Å². The standard InChI is InChI=1S/C15H31N3O2/c1-5-17-15(4,14(16)19)10-12(3)18(6-2)11-13-8-7-9-20-13/h12-13,17H,5-11H2,1-4H3,(H2,16,19). The van der Waals surface area contributed by atoms with E-state index in [2.05, 4.69) is 24.1 Å². The van der Waals surface area contributed by atoms with Crippen LogP contribution in [0.15, 0.2) is 0 Å². The molecule has 118 valence electrons. The Balaban J connectivity index is 2.59. The molecule has 0 aromatic heterocycles. The number of hydrogen-bond acceptors (Lipinski definition) is 4. The van der Waals surface area contributed by atoms with E-state index in [1.54, 1.807) is 0 Å². The number of carbonyl (C=O) groups excluding carboxylic acids is 1. The fourth-order valence-corrected chi connectivity index (χ4v) is 3.04. The number of rotatable bonds is 9. The highest BCUT2D eigenvalue weighted by atomic mass is 16.5. The van der Waals surface area contributed by atoms with Gasteiger partial charge in [0.25, 0.3) is 0 Å². The smallest absolute Gasteiger partial charge is 0.237 e. The summed E-state index contributed by atoms with van der Waals surface area (Å²) in [5.74, 6) is -0.278. The minimum absolute atomic E-state index is 0.278. The summed E-state index contributed by atoms with van der Waals surface area (Å²) in [6.07, 6.45) is 3.36. The second-order valence-corrected chi connectivity index (χ2v) is 6.00. The molecule has 1 heterocycles. The Kier molecular flexibility index (Phi) is 6.92. The summed E-state index contributed by atoms with van der Waals surface area (Å²) < 4.78 is 5.71. The van der Waals surface area contributed by atoms with Crippen LogP contribution in [0.4, 0.5) is 0 Å². The van der Waals surface area contributed by atoms with Crippen LogP contribution in [0, 0.1) is 0 Å². The molecule has 0 aromatic rings. The molecule has 0 radical (unpaired) electrons. The third kappa shape index (κ3) is 4.72. The minimum Gasteiger partial charge on any atom is -0.377 e. The van der Waals surface area contributed by atoms with E-state index in [-0.39, 0.29) is 5.91 Å². The molecule has 5 nitrogen and oxygen atoms in total. The molecule has 0 saturated carbocycles. The predicted molar refractivity (Wildman–Crippen MR) is 81.6 cm³/mol. The van der Waals surface area contributed by atoms with Crippen molar-refractivity contribution in [3.63, 3.8) is 0 Å². The highest BCUT2D eigenvalue weighted by Crippen LogP contribution is 2.19. The van der Waals surface area contributed by atoms with Gasteiger partial charge in [-0.3, -0.25) is 9.69 Å². The quantitative estimate of drug-likeness (QED) is 0.666. The maximum atomic E-state index is 11.7. The second-order valence-electron chi connectivity index (χ2n) is 6.00. The second kappa shape index (κ2) is 7.96. The highest BCUT2D eigenvalue weighted by Gasteiger charge is 2.34. The molecule has 0 aliphatic carbocycles. The van der Waals surface area contributed by atoms with E-state index in [1.807, 2.05) is 13.8 Å². The van der Waals surface area contributed by atoms with Gasteiger partial charge in [-0.2, -0.15) is 0 Å². The van der Waals surface area contributed by atoms with Crippen molar-refractivity contribution in [2.75, 3.05) is 26.2 Å². The van der Waals surface area contributed by atoms with Gasteiger partial charge >= 0.3 is 0 Å². The Morgan fingerprint density at radius 1 is 1.55 bits per heavy atom. The van der Waals surface area contributed by atoms with Crippen LogP contribution in [-0.4, -0.2) is 54.7 Å². The van der Waals surface area contributed by atoms with Crippen molar-refractivity contribution < 1.29 is 9.53 Å². The molecule has 1 rings (SSSR count). The molecule has 0 bridgehead atoms. The van der Waals surface area contributed by atoms with Gasteiger partial charge in [0, 0.05) is 19.2 Å². The van der Waals surface area contributed by atoms with Crippen molar-refractivity contribution >= 4 is 5.91 Å². The number of amides is 1. The average molecular weight is 285 g/mol. The van der Waals surface area contributed by atoms with Crippen LogP contribution in [0.5, 0.6) is 0 Å². The van der Waals surface area contributed by atoms with Crippen molar-refractivity contribution in [2.45, 2.75) is 64.6 Å². The Labute approximate surface area is 123 Å². The molecule has 3 unspecified atom stereocenters. The Bertz CT molecular complexity index is 305. The topological polar surface area (TPSA) is 67.6 Å². The van der Waals surface area contributed by atoms with Crippen LogP contribution in [0.3, 0.4) is 0 Å². The third-order valence-electron chi connectivity index (χ3n) is 4.31.